The van der Waals surface area contributed by atoms with Crippen LogP contribution in [0.5, 0.6) is 11.6 Å². The van der Waals surface area contributed by atoms with Crippen LogP contribution in [0.3, 0.4) is 0 Å². The summed E-state index contributed by atoms with van der Waals surface area (Å²) in [6, 6.07) is 3.21. The number of hydrogen-bond acceptors (Lipinski definition) is 6. The predicted molar refractivity (Wildman–Crippen MR) is 60.4 cm³/mol. The number of H-pyrrole nitrogens is 1. The van der Waals surface area contributed by atoms with Gasteiger partial charge in [-0.15, -0.1) is 5.10 Å². The van der Waals surface area contributed by atoms with Gasteiger partial charge in [-0.25, -0.2) is 4.98 Å². The minimum atomic E-state index is -1.75. The summed E-state index contributed by atoms with van der Waals surface area (Å²) in [5.41, 5.74) is 0.458. The van der Waals surface area contributed by atoms with E-state index in [9.17, 15) is 0 Å². The van der Waals surface area contributed by atoms with Crippen LogP contribution in [0.25, 0.3) is 0 Å². The summed E-state index contributed by atoms with van der Waals surface area (Å²) in [5, 5.41) is 27.5. The molecule has 0 aliphatic rings. The molecule has 0 atom stereocenters. The number of ether oxygens (including phenoxy) is 1. The summed E-state index contributed by atoms with van der Waals surface area (Å²) < 4.78 is 5.37. The molecule has 2 aromatic rings. The van der Waals surface area contributed by atoms with E-state index in [0.29, 0.717) is 11.4 Å². The first-order chi connectivity index (χ1) is 8.70. The summed E-state index contributed by atoms with van der Waals surface area (Å²) in [6.45, 7) is 1.70. The predicted octanol–water partition coefficient (Wildman–Crippen LogP) is 0.347. The highest BCUT2D eigenvalue weighted by Crippen LogP contribution is 2.24. The Morgan fingerprint density at radius 2 is 2.22 bits per heavy atom. The van der Waals surface area contributed by atoms with Gasteiger partial charge >= 0.3 is 0 Å². The van der Waals surface area contributed by atoms with Gasteiger partial charge in [0.05, 0.1) is 0 Å². The van der Waals surface area contributed by atoms with Crippen LogP contribution in [0.4, 0.5) is 0 Å². The SMILES string of the molecule is CC#Cc1cc(Oc2n[nH]nc2C(O)O)ccn1. The number of aromatic nitrogens is 4. The molecule has 0 aliphatic carbocycles. The maximum Gasteiger partial charge on any atom is 0.267 e. The Labute approximate surface area is 102 Å². The standard InChI is InChI=1S/C11H10N4O3/c1-2-3-7-6-8(4-5-12-7)18-10-9(11(16)17)13-15-14-10/h4-6,11,16-17H,1H3,(H,13,14,15). The van der Waals surface area contributed by atoms with Crippen molar-refractivity contribution in [3.63, 3.8) is 0 Å². The second-order valence-electron chi connectivity index (χ2n) is 3.24. The Bertz CT molecular complexity index is 598. The van der Waals surface area contributed by atoms with Gasteiger partial charge in [-0.2, -0.15) is 10.3 Å². The molecule has 0 radical (unpaired) electrons. The normalized spacial score (nSPS) is 10.0. The van der Waals surface area contributed by atoms with E-state index in [4.69, 9.17) is 14.9 Å². The van der Waals surface area contributed by atoms with Gasteiger partial charge in [0.2, 0.25) is 6.29 Å². The van der Waals surface area contributed by atoms with Crippen molar-refractivity contribution in [2.45, 2.75) is 13.2 Å². The van der Waals surface area contributed by atoms with Gasteiger partial charge in [-0.1, -0.05) is 5.92 Å². The monoisotopic (exact) mass is 246 g/mol. The molecule has 0 saturated heterocycles. The van der Waals surface area contributed by atoms with Gasteiger partial charge in [-0.3, -0.25) is 0 Å². The molecular weight excluding hydrogens is 236 g/mol. The van der Waals surface area contributed by atoms with Crippen molar-refractivity contribution in [1.82, 2.24) is 20.4 Å². The van der Waals surface area contributed by atoms with E-state index < -0.39 is 6.29 Å². The summed E-state index contributed by atoms with van der Waals surface area (Å²) in [4.78, 5) is 4.02. The second-order valence-corrected chi connectivity index (χ2v) is 3.24. The number of aromatic amines is 1. The molecule has 0 saturated carbocycles. The molecule has 0 unspecified atom stereocenters. The molecule has 2 rings (SSSR count). The molecule has 0 aliphatic heterocycles. The highest BCUT2D eigenvalue weighted by Gasteiger charge is 2.16. The first-order valence-electron chi connectivity index (χ1n) is 5.04. The maximum absolute atomic E-state index is 9.03. The van der Waals surface area contributed by atoms with Crippen molar-refractivity contribution in [2.75, 3.05) is 0 Å². The van der Waals surface area contributed by atoms with Crippen LogP contribution in [-0.2, 0) is 0 Å². The zero-order valence-electron chi connectivity index (χ0n) is 9.45. The van der Waals surface area contributed by atoms with Crippen LogP contribution >= 0.6 is 0 Å². The Morgan fingerprint density at radius 1 is 1.39 bits per heavy atom. The van der Waals surface area contributed by atoms with Gasteiger partial charge < -0.3 is 14.9 Å². The van der Waals surface area contributed by atoms with E-state index in [0.717, 1.165) is 0 Å². The zero-order chi connectivity index (χ0) is 13.0. The minimum absolute atomic E-state index is 0.00777. The lowest BCUT2D eigenvalue weighted by atomic mass is 10.3. The van der Waals surface area contributed by atoms with Gasteiger partial charge in [0.25, 0.3) is 5.88 Å². The lowest BCUT2D eigenvalue weighted by Crippen LogP contribution is -1.98. The Hall–Kier alpha value is -2.43. The molecule has 18 heavy (non-hydrogen) atoms. The fourth-order valence-electron chi connectivity index (χ4n) is 1.26. The summed E-state index contributed by atoms with van der Waals surface area (Å²) in [7, 11) is 0. The minimum Gasteiger partial charge on any atom is -0.436 e. The maximum atomic E-state index is 9.03. The lowest BCUT2D eigenvalue weighted by Gasteiger charge is -2.04. The van der Waals surface area contributed by atoms with Crippen molar-refractivity contribution in [3.05, 3.63) is 29.7 Å². The molecule has 2 heterocycles. The van der Waals surface area contributed by atoms with Gasteiger partial charge in [0.1, 0.15) is 11.4 Å². The average Bonchev–Trinajstić information content (AvgIpc) is 2.78. The largest absolute Gasteiger partial charge is 0.436 e. The van der Waals surface area contributed by atoms with Crippen LogP contribution in [0.2, 0.25) is 0 Å². The van der Waals surface area contributed by atoms with E-state index in [1.807, 2.05) is 0 Å². The molecule has 7 nitrogen and oxygen atoms in total. The van der Waals surface area contributed by atoms with Gasteiger partial charge in [-0.05, 0) is 18.9 Å². The number of hydrogen-bond donors (Lipinski definition) is 3. The van der Waals surface area contributed by atoms with Crippen LogP contribution in [0.15, 0.2) is 18.3 Å². The topological polar surface area (TPSA) is 104 Å². The highest BCUT2D eigenvalue weighted by atomic mass is 16.5. The van der Waals surface area contributed by atoms with Crippen molar-refractivity contribution in [2.24, 2.45) is 0 Å². The van der Waals surface area contributed by atoms with Gasteiger partial charge in [0.15, 0.2) is 5.69 Å². The summed E-state index contributed by atoms with van der Waals surface area (Å²) in [5.74, 6) is 5.92. The average molecular weight is 246 g/mol. The third-order valence-corrected chi connectivity index (χ3v) is 1.98. The van der Waals surface area contributed by atoms with E-state index in [1.165, 1.54) is 6.20 Å². The van der Waals surface area contributed by atoms with Crippen LogP contribution in [0, 0.1) is 11.8 Å². The smallest absolute Gasteiger partial charge is 0.267 e. The number of pyridine rings is 1. The molecule has 2 aromatic heterocycles. The van der Waals surface area contributed by atoms with Crippen LogP contribution in [-0.4, -0.2) is 30.6 Å². The van der Waals surface area contributed by atoms with Gasteiger partial charge in [0, 0.05) is 12.3 Å². The van der Waals surface area contributed by atoms with Crippen molar-refractivity contribution >= 4 is 0 Å². The quantitative estimate of drug-likeness (QED) is 0.533. The van der Waals surface area contributed by atoms with E-state index in [2.05, 4.69) is 32.2 Å². The van der Waals surface area contributed by atoms with Crippen molar-refractivity contribution in [1.29, 1.82) is 0 Å². The third-order valence-electron chi connectivity index (χ3n) is 1.98. The molecule has 92 valence electrons. The lowest BCUT2D eigenvalue weighted by molar-refractivity contribution is -0.0470. The molecule has 0 fully saturated rings. The number of aliphatic hydroxyl groups excluding tert-OH is 1. The molecule has 7 heteroatoms. The van der Waals surface area contributed by atoms with Crippen LogP contribution < -0.4 is 4.74 Å². The number of nitrogens with one attached hydrogen (secondary N) is 1. The summed E-state index contributed by atoms with van der Waals surface area (Å²) >= 11 is 0. The fraction of sp³-hybridized carbons (Fsp3) is 0.182. The third kappa shape index (κ3) is 2.63. The zero-order valence-corrected chi connectivity index (χ0v) is 9.45. The molecule has 0 spiro atoms. The first-order valence-corrected chi connectivity index (χ1v) is 5.04. The number of rotatable bonds is 3. The number of nitrogens with zero attached hydrogens (tertiary/aromatic N) is 3. The van der Waals surface area contributed by atoms with E-state index in [-0.39, 0.29) is 11.6 Å². The summed E-state index contributed by atoms with van der Waals surface area (Å²) in [6.07, 6.45) is -0.222. The molecular formula is C11H10N4O3. The van der Waals surface area contributed by atoms with Crippen molar-refractivity contribution < 1.29 is 14.9 Å². The molecule has 0 aromatic carbocycles. The van der Waals surface area contributed by atoms with Crippen LogP contribution in [0.1, 0.15) is 24.6 Å². The van der Waals surface area contributed by atoms with E-state index in [1.54, 1.807) is 19.1 Å². The van der Waals surface area contributed by atoms with Crippen molar-refractivity contribution in [3.8, 4) is 23.5 Å². The molecule has 0 amide bonds. The Balaban J connectivity index is 2.25. The Kier molecular flexibility index (Phi) is 3.52. The Morgan fingerprint density at radius 3 is 2.94 bits per heavy atom. The highest BCUT2D eigenvalue weighted by molar-refractivity contribution is 5.35. The van der Waals surface area contributed by atoms with E-state index >= 15 is 0 Å². The second kappa shape index (κ2) is 5.27. The number of aliphatic hydroxyl groups is 2. The molecule has 0 bridgehead atoms. The first kappa shape index (κ1) is 12.0. The molecule has 3 N–H and O–H groups in total. The fourth-order valence-corrected chi connectivity index (χ4v) is 1.26.